The Morgan fingerprint density at radius 1 is 1.29 bits per heavy atom. The van der Waals surface area contributed by atoms with E-state index in [1.807, 2.05) is 7.11 Å². The van der Waals surface area contributed by atoms with Crippen LogP contribution in [-0.4, -0.2) is 7.11 Å². The summed E-state index contributed by atoms with van der Waals surface area (Å²) in [6.07, 6.45) is 9.21. The second kappa shape index (κ2) is 7.09. The number of rotatable bonds is 5. The first-order valence-electron chi connectivity index (χ1n) is 8.00. The fraction of sp³-hybridized carbons (Fsp3) is 0.500. The Labute approximate surface area is 129 Å². The van der Waals surface area contributed by atoms with Crippen LogP contribution in [0.15, 0.2) is 53.6 Å². The molecule has 1 heteroatoms. The fourth-order valence-electron chi connectivity index (χ4n) is 3.41. The van der Waals surface area contributed by atoms with E-state index in [2.05, 4.69) is 63.3 Å². The van der Waals surface area contributed by atoms with Crippen LogP contribution in [0.1, 0.15) is 52.0 Å². The number of benzene rings is 1. The summed E-state index contributed by atoms with van der Waals surface area (Å²) in [6, 6.07) is 10.7. The van der Waals surface area contributed by atoms with Gasteiger partial charge in [-0.2, -0.15) is 0 Å². The summed E-state index contributed by atoms with van der Waals surface area (Å²) in [4.78, 5) is 0. The van der Waals surface area contributed by atoms with E-state index in [0.29, 0.717) is 5.92 Å². The summed E-state index contributed by atoms with van der Waals surface area (Å²) < 4.78 is 6.01. The van der Waals surface area contributed by atoms with Crippen LogP contribution in [0, 0.1) is 5.92 Å². The molecule has 21 heavy (non-hydrogen) atoms. The molecule has 1 nitrogen and oxygen atoms in total. The minimum Gasteiger partial charge on any atom is -0.373 e. The van der Waals surface area contributed by atoms with Crippen molar-refractivity contribution in [3.8, 4) is 0 Å². The van der Waals surface area contributed by atoms with Gasteiger partial charge in [0.15, 0.2) is 0 Å². The second-order valence-electron chi connectivity index (χ2n) is 6.45. The molecule has 1 aliphatic rings. The lowest BCUT2D eigenvalue weighted by atomic mass is 9.72. The van der Waals surface area contributed by atoms with Gasteiger partial charge in [-0.3, -0.25) is 0 Å². The maximum atomic E-state index is 6.01. The highest BCUT2D eigenvalue weighted by atomic mass is 16.5. The van der Waals surface area contributed by atoms with Crippen LogP contribution in [0.4, 0.5) is 0 Å². The highest BCUT2D eigenvalue weighted by molar-refractivity contribution is 5.28. The zero-order valence-electron chi connectivity index (χ0n) is 13.9. The largest absolute Gasteiger partial charge is 0.373 e. The molecule has 2 unspecified atom stereocenters. The van der Waals surface area contributed by atoms with Gasteiger partial charge in [0.05, 0.1) is 5.60 Å². The molecule has 1 aliphatic carbocycles. The number of allylic oxidation sites excluding steroid dienone is 3. The smallest absolute Gasteiger partial charge is 0.0990 e. The van der Waals surface area contributed by atoms with E-state index in [0.717, 1.165) is 19.3 Å². The van der Waals surface area contributed by atoms with Crippen molar-refractivity contribution in [2.75, 3.05) is 7.11 Å². The first-order chi connectivity index (χ1) is 10.1. The molecule has 0 spiro atoms. The first-order valence-corrected chi connectivity index (χ1v) is 8.00. The lowest BCUT2D eigenvalue weighted by Gasteiger charge is -2.41. The Hall–Kier alpha value is -1.34. The molecule has 1 aromatic carbocycles. The molecule has 0 saturated carbocycles. The van der Waals surface area contributed by atoms with Crippen molar-refractivity contribution in [3.63, 3.8) is 0 Å². The van der Waals surface area contributed by atoms with Crippen molar-refractivity contribution >= 4 is 0 Å². The van der Waals surface area contributed by atoms with Gasteiger partial charge in [-0.05, 0) is 51.0 Å². The van der Waals surface area contributed by atoms with Gasteiger partial charge < -0.3 is 4.74 Å². The first kappa shape index (κ1) is 16.0. The molecular weight excluding hydrogens is 256 g/mol. The summed E-state index contributed by atoms with van der Waals surface area (Å²) in [7, 11) is 1.85. The van der Waals surface area contributed by atoms with Crippen LogP contribution in [0.25, 0.3) is 0 Å². The predicted molar refractivity (Wildman–Crippen MR) is 90.3 cm³/mol. The molecule has 0 saturated heterocycles. The Morgan fingerprint density at radius 3 is 2.57 bits per heavy atom. The third kappa shape index (κ3) is 3.65. The number of hydrogen-bond donors (Lipinski definition) is 0. The molecule has 0 fully saturated rings. The third-order valence-corrected chi connectivity index (χ3v) is 4.70. The van der Waals surface area contributed by atoms with E-state index in [1.54, 1.807) is 5.57 Å². The SMILES string of the molecule is COC1(c2ccccc2)CC=C(CCC=C(C)C)CC1C. The van der Waals surface area contributed by atoms with Crippen LogP contribution < -0.4 is 0 Å². The van der Waals surface area contributed by atoms with E-state index < -0.39 is 0 Å². The molecule has 2 atom stereocenters. The standard InChI is InChI=1S/C20H28O/c1-16(2)9-8-10-18-13-14-20(21-4,17(3)15-18)19-11-6-5-7-12-19/h5-7,9,11-13,17H,8,10,14-15H2,1-4H3. The van der Waals surface area contributed by atoms with Gasteiger partial charge in [0.1, 0.15) is 0 Å². The van der Waals surface area contributed by atoms with Crippen molar-refractivity contribution in [1.29, 1.82) is 0 Å². The van der Waals surface area contributed by atoms with E-state index in [9.17, 15) is 0 Å². The third-order valence-electron chi connectivity index (χ3n) is 4.70. The van der Waals surface area contributed by atoms with Crippen molar-refractivity contribution < 1.29 is 4.74 Å². The highest BCUT2D eigenvalue weighted by Crippen LogP contribution is 2.44. The van der Waals surface area contributed by atoms with Crippen molar-refractivity contribution in [2.24, 2.45) is 5.92 Å². The van der Waals surface area contributed by atoms with Crippen LogP contribution in [0.5, 0.6) is 0 Å². The lowest BCUT2D eigenvalue weighted by molar-refractivity contribution is -0.0616. The zero-order chi connectivity index (χ0) is 15.3. The van der Waals surface area contributed by atoms with E-state index in [4.69, 9.17) is 4.74 Å². The average Bonchev–Trinajstić information content (AvgIpc) is 2.48. The normalized spacial score (nSPS) is 25.3. The maximum Gasteiger partial charge on any atom is 0.0990 e. The van der Waals surface area contributed by atoms with Gasteiger partial charge in [0.25, 0.3) is 0 Å². The Bertz CT molecular complexity index is 508. The van der Waals surface area contributed by atoms with Crippen LogP contribution in [0.2, 0.25) is 0 Å². The van der Waals surface area contributed by atoms with Crippen LogP contribution in [-0.2, 0) is 10.3 Å². The molecule has 0 heterocycles. The molecule has 0 N–H and O–H groups in total. The molecule has 114 valence electrons. The van der Waals surface area contributed by atoms with Crippen molar-refractivity contribution in [2.45, 2.75) is 52.1 Å². The second-order valence-corrected chi connectivity index (χ2v) is 6.45. The minimum absolute atomic E-state index is 0.152. The molecule has 0 amide bonds. The summed E-state index contributed by atoms with van der Waals surface area (Å²) >= 11 is 0. The van der Waals surface area contributed by atoms with Crippen molar-refractivity contribution in [1.82, 2.24) is 0 Å². The van der Waals surface area contributed by atoms with Gasteiger partial charge in [0.2, 0.25) is 0 Å². The van der Waals surface area contributed by atoms with Crippen molar-refractivity contribution in [3.05, 3.63) is 59.2 Å². The van der Waals surface area contributed by atoms with E-state index in [1.165, 1.54) is 17.6 Å². The minimum atomic E-state index is -0.152. The molecule has 0 bridgehead atoms. The summed E-state index contributed by atoms with van der Waals surface area (Å²) in [5.74, 6) is 0.511. The van der Waals surface area contributed by atoms with Crippen LogP contribution >= 0.6 is 0 Å². The molecule has 0 aliphatic heterocycles. The molecule has 0 radical (unpaired) electrons. The number of ether oxygens (including phenoxy) is 1. The topological polar surface area (TPSA) is 9.23 Å². The zero-order valence-corrected chi connectivity index (χ0v) is 13.9. The van der Waals surface area contributed by atoms with Gasteiger partial charge in [-0.15, -0.1) is 0 Å². The monoisotopic (exact) mass is 284 g/mol. The van der Waals surface area contributed by atoms with Gasteiger partial charge >= 0.3 is 0 Å². The average molecular weight is 284 g/mol. The quantitative estimate of drug-likeness (QED) is 0.637. The Morgan fingerprint density at radius 2 is 2.00 bits per heavy atom. The van der Waals surface area contributed by atoms with Gasteiger partial charge in [-0.1, -0.05) is 60.6 Å². The predicted octanol–water partition coefficient (Wildman–Crippen LogP) is 5.63. The molecular formula is C20H28O. The molecule has 0 aromatic heterocycles. The van der Waals surface area contributed by atoms with E-state index >= 15 is 0 Å². The Balaban J connectivity index is 2.14. The molecule has 1 aromatic rings. The summed E-state index contributed by atoms with van der Waals surface area (Å²) in [5.41, 5.74) is 4.15. The van der Waals surface area contributed by atoms with Gasteiger partial charge in [0, 0.05) is 7.11 Å². The number of methoxy groups -OCH3 is 1. The van der Waals surface area contributed by atoms with E-state index in [-0.39, 0.29) is 5.60 Å². The molecule has 2 rings (SSSR count). The summed E-state index contributed by atoms with van der Waals surface area (Å²) in [5, 5.41) is 0. The van der Waals surface area contributed by atoms with Gasteiger partial charge in [-0.25, -0.2) is 0 Å². The lowest BCUT2D eigenvalue weighted by Crippen LogP contribution is -2.37. The summed E-state index contributed by atoms with van der Waals surface area (Å²) in [6.45, 7) is 6.66. The Kier molecular flexibility index (Phi) is 5.41. The highest BCUT2D eigenvalue weighted by Gasteiger charge is 2.39. The van der Waals surface area contributed by atoms with Crippen LogP contribution in [0.3, 0.4) is 0 Å². The maximum absolute atomic E-state index is 6.01. The fourth-order valence-corrected chi connectivity index (χ4v) is 3.41. The number of hydrogen-bond acceptors (Lipinski definition) is 1.